The van der Waals surface area contributed by atoms with Gasteiger partial charge in [0.2, 0.25) is 17.6 Å². The molecule has 0 saturated heterocycles. The molecule has 0 aliphatic heterocycles. The Morgan fingerprint density at radius 1 is 1.03 bits per heavy atom. The molecule has 0 atom stereocenters. The van der Waals surface area contributed by atoms with Crippen LogP contribution in [0.2, 0.25) is 0 Å². The molecule has 0 spiro atoms. The molecule has 0 fully saturated rings. The van der Waals surface area contributed by atoms with Crippen LogP contribution < -0.4 is 15.6 Å². The first kappa shape index (κ1) is 20.1. The van der Waals surface area contributed by atoms with Crippen LogP contribution in [0.15, 0.2) is 59.1 Å². The van der Waals surface area contributed by atoms with Crippen LogP contribution >= 0.6 is 0 Å². The maximum atomic E-state index is 12.1. The number of hydrazine groups is 1. The lowest BCUT2D eigenvalue weighted by Gasteiger charge is -2.10. The first-order valence-electron chi connectivity index (χ1n) is 9.25. The van der Waals surface area contributed by atoms with Gasteiger partial charge in [-0.2, -0.15) is 4.98 Å². The van der Waals surface area contributed by atoms with Crippen LogP contribution in [0, 0.1) is 0 Å². The molecule has 1 aromatic heterocycles. The summed E-state index contributed by atoms with van der Waals surface area (Å²) in [6.07, 6.45) is 0.414. The van der Waals surface area contributed by atoms with E-state index in [2.05, 4.69) is 21.0 Å². The lowest BCUT2D eigenvalue weighted by molar-refractivity contribution is -0.121. The predicted octanol–water partition coefficient (Wildman–Crippen LogP) is 2.92. The zero-order valence-electron chi connectivity index (χ0n) is 16.2. The Morgan fingerprint density at radius 3 is 2.45 bits per heavy atom. The van der Waals surface area contributed by atoms with Gasteiger partial charge in [0.05, 0.1) is 6.10 Å². The van der Waals surface area contributed by atoms with Crippen molar-refractivity contribution in [1.29, 1.82) is 0 Å². The lowest BCUT2D eigenvalue weighted by Crippen LogP contribution is -2.41. The fourth-order valence-corrected chi connectivity index (χ4v) is 2.50. The van der Waals surface area contributed by atoms with E-state index < -0.39 is 5.91 Å². The van der Waals surface area contributed by atoms with Gasteiger partial charge >= 0.3 is 0 Å². The average molecular weight is 394 g/mol. The highest BCUT2D eigenvalue weighted by atomic mass is 16.5. The largest absolute Gasteiger partial charge is 0.491 e. The van der Waals surface area contributed by atoms with E-state index in [1.54, 1.807) is 24.3 Å². The van der Waals surface area contributed by atoms with E-state index in [0.29, 0.717) is 23.0 Å². The minimum absolute atomic E-state index is 0.0524. The standard InChI is InChI=1S/C21H22N4O4/c1-14(2)28-17-10-8-16(9-11-17)21(27)24-23-18(26)12-13-19-22-20(25-29-19)15-6-4-3-5-7-15/h3-11,14H,12-13H2,1-2H3,(H,23,26)(H,24,27). The predicted molar refractivity (Wildman–Crippen MR) is 106 cm³/mol. The van der Waals surface area contributed by atoms with E-state index in [1.165, 1.54) is 0 Å². The molecule has 1 heterocycles. The van der Waals surface area contributed by atoms with E-state index in [-0.39, 0.29) is 24.9 Å². The second-order valence-electron chi connectivity index (χ2n) is 6.57. The number of ether oxygens (including phenoxy) is 1. The number of aromatic nitrogens is 2. The molecule has 29 heavy (non-hydrogen) atoms. The molecule has 0 unspecified atom stereocenters. The monoisotopic (exact) mass is 394 g/mol. The summed E-state index contributed by atoms with van der Waals surface area (Å²) < 4.78 is 10.7. The van der Waals surface area contributed by atoms with Crippen molar-refractivity contribution in [3.8, 4) is 17.1 Å². The summed E-state index contributed by atoms with van der Waals surface area (Å²) in [7, 11) is 0. The molecule has 0 aliphatic carbocycles. The van der Waals surface area contributed by atoms with E-state index in [4.69, 9.17) is 9.26 Å². The molecule has 0 bridgehead atoms. The summed E-state index contributed by atoms with van der Waals surface area (Å²) in [6, 6.07) is 16.1. The summed E-state index contributed by atoms with van der Waals surface area (Å²) in [5.41, 5.74) is 6.00. The topological polar surface area (TPSA) is 106 Å². The van der Waals surface area contributed by atoms with Gasteiger partial charge in [-0.3, -0.25) is 20.4 Å². The number of nitrogens with one attached hydrogen (secondary N) is 2. The minimum atomic E-state index is -0.418. The third-order valence-corrected chi connectivity index (χ3v) is 3.87. The molecule has 150 valence electrons. The Bertz CT molecular complexity index is 952. The number of carbonyl (C=O) groups excluding carboxylic acids is 2. The third-order valence-electron chi connectivity index (χ3n) is 3.87. The van der Waals surface area contributed by atoms with Crippen LogP contribution in [-0.4, -0.2) is 28.1 Å². The molecule has 8 nitrogen and oxygen atoms in total. The summed E-state index contributed by atoms with van der Waals surface area (Å²) in [6.45, 7) is 3.85. The van der Waals surface area contributed by atoms with Gasteiger partial charge in [-0.15, -0.1) is 0 Å². The Balaban J connectivity index is 1.44. The second kappa shape index (κ2) is 9.50. The second-order valence-corrected chi connectivity index (χ2v) is 6.57. The highest BCUT2D eigenvalue weighted by Crippen LogP contribution is 2.15. The van der Waals surface area contributed by atoms with Gasteiger partial charge in [0.25, 0.3) is 5.91 Å². The zero-order valence-corrected chi connectivity index (χ0v) is 16.2. The molecule has 0 radical (unpaired) electrons. The van der Waals surface area contributed by atoms with E-state index in [9.17, 15) is 9.59 Å². The Labute approximate surface area is 168 Å². The number of carbonyl (C=O) groups is 2. The molecule has 2 aromatic carbocycles. The van der Waals surface area contributed by atoms with Gasteiger partial charge < -0.3 is 9.26 Å². The molecule has 2 amide bonds. The Kier molecular flexibility index (Phi) is 6.57. The maximum Gasteiger partial charge on any atom is 0.269 e. The van der Waals surface area contributed by atoms with Gasteiger partial charge in [0.15, 0.2) is 0 Å². The van der Waals surface area contributed by atoms with Crippen molar-refractivity contribution >= 4 is 11.8 Å². The number of rotatable bonds is 7. The number of benzene rings is 2. The van der Waals surface area contributed by atoms with E-state index >= 15 is 0 Å². The van der Waals surface area contributed by atoms with Gasteiger partial charge in [-0.25, -0.2) is 0 Å². The summed E-state index contributed by atoms with van der Waals surface area (Å²) in [5, 5.41) is 3.91. The molecular formula is C21H22N4O4. The van der Waals surface area contributed by atoms with Crippen molar-refractivity contribution in [3.63, 3.8) is 0 Å². The van der Waals surface area contributed by atoms with E-state index in [1.807, 2.05) is 44.2 Å². The van der Waals surface area contributed by atoms with Crippen molar-refractivity contribution in [2.45, 2.75) is 32.8 Å². The first-order chi connectivity index (χ1) is 14.0. The molecular weight excluding hydrogens is 372 g/mol. The quantitative estimate of drug-likeness (QED) is 0.597. The normalized spacial score (nSPS) is 10.6. The smallest absolute Gasteiger partial charge is 0.269 e. The molecule has 3 aromatic rings. The van der Waals surface area contributed by atoms with Crippen LogP contribution in [-0.2, 0) is 11.2 Å². The number of hydrogen-bond acceptors (Lipinski definition) is 6. The number of aryl methyl sites for hydroxylation is 1. The van der Waals surface area contributed by atoms with Crippen molar-refractivity contribution in [2.75, 3.05) is 0 Å². The van der Waals surface area contributed by atoms with Gasteiger partial charge in [0, 0.05) is 24.0 Å². The number of nitrogens with zero attached hydrogens (tertiary/aromatic N) is 2. The third kappa shape index (κ3) is 5.90. The van der Waals surface area contributed by atoms with Gasteiger partial charge in [0.1, 0.15) is 5.75 Å². The highest BCUT2D eigenvalue weighted by Gasteiger charge is 2.12. The Morgan fingerprint density at radius 2 is 1.76 bits per heavy atom. The summed E-state index contributed by atoms with van der Waals surface area (Å²) >= 11 is 0. The van der Waals surface area contributed by atoms with E-state index in [0.717, 1.165) is 5.56 Å². The van der Waals surface area contributed by atoms with Crippen LogP contribution in [0.4, 0.5) is 0 Å². The van der Waals surface area contributed by atoms with Crippen LogP contribution in [0.1, 0.15) is 36.5 Å². The zero-order chi connectivity index (χ0) is 20.6. The molecule has 0 aliphatic rings. The van der Waals surface area contributed by atoms with Crippen LogP contribution in [0.3, 0.4) is 0 Å². The van der Waals surface area contributed by atoms with Crippen molar-refractivity contribution in [1.82, 2.24) is 21.0 Å². The molecule has 8 heteroatoms. The fraction of sp³-hybridized carbons (Fsp3) is 0.238. The molecule has 2 N–H and O–H groups in total. The van der Waals surface area contributed by atoms with Crippen LogP contribution in [0.5, 0.6) is 5.75 Å². The number of amides is 2. The molecule has 3 rings (SSSR count). The number of hydrogen-bond donors (Lipinski definition) is 2. The SMILES string of the molecule is CC(C)Oc1ccc(C(=O)NNC(=O)CCc2nc(-c3ccccc3)no2)cc1. The van der Waals surface area contributed by atoms with Crippen molar-refractivity contribution in [3.05, 3.63) is 66.1 Å². The summed E-state index contributed by atoms with van der Waals surface area (Å²) in [4.78, 5) is 28.3. The minimum Gasteiger partial charge on any atom is -0.491 e. The summed E-state index contributed by atoms with van der Waals surface area (Å²) in [5.74, 6) is 0.719. The average Bonchev–Trinajstić information content (AvgIpc) is 3.20. The van der Waals surface area contributed by atoms with Gasteiger partial charge in [-0.05, 0) is 38.1 Å². The van der Waals surface area contributed by atoms with Crippen molar-refractivity contribution in [2.24, 2.45) is 0 Å². The lowest BCUT2D eigenvalue weighted by atomic mass is 10.2. The van der Waals surface area contributed by atoms with Crippen molar-refractivity contribution < 1.29 is 18.8 Å². The maximum absolute atomic E-state index is 12.1. The van der Waals surface area contributed by atoms with Crippen LogP contribution in [0.25, 0.3) is 11.4 Å². The highest BCUT2D eigenvalue weighted by molar-refractivity contribution is 5.95. The van der Waals surface area contributed by atoms with Gasteiger partial charge in [-0.1, -0.05) is 35.5 Å². The first-order valence-corrected chi connectivity index (χ1v) is 9.25. The Hall–Kier alpha value is -3.68. The molecule has 0 saturated carbocycles. The fourth-order valence-electron chi connectivity index (χ4n) is 2.50.